The number of para-hydroxylation sites is 1. The molecule has 4 rings (SSSR count). The minimum Gasteiger partial charge on any atom is -0.468 e. The van der Waals surface area contributed by atoms with Gasteiger partial charge in [-0.2, -0.15) is 4.68 Å². The SMILES string of the molecule is CCn1c(COc2ccc(=O)n(-c3ccccc3)n2)nnc1SCc1ccc(C(C)(C)C)cc1. The average Bonchev–Trinajstić information content (AvgIpc) is 3.24. The van der Waals surface area contributed by atoms with Crippen molar-refractivity contribution in [3.8, 4) is 11.6 Å². The lowest BCUT2D eigenvalue weighted by molar-refractivity contribution is 0.271. The fourth-order valence-electron chi connectivity index (χ4n) is 3.46. The van der Waals surface area contributed by atoms with Gasteiger partial charge in [0.05, 0.1) is 5.69 Å². The van der Waals surface area contributed by atoms with Crippen molar-refractivity contribution in [1.82, 2.24) is 24.5 Å². The van der Waals surface area contributed by atoms with Crippen LogP contribution in [0.4, 0.5) is 0 Å². The van der Waals surface area contributed by atoms with Crippen LogP contribution in [0.2, 0.25) is 0 Å². The van der Waals surface area contributed by atoms with E-state index in [4.69, 9.17) is 4.74 Å². The van der Waals surface area contributed by atoms with Gasteiger partial charge in [0.25, 0.3) is 5.56 Å². The largest absolute Gasteiger partial charge is 0.468 e. The third kappa shape index (κ3) is 5.56. The Balaban J connectivity index is 1.43. The summed E-state index contributed by atoms with van der Waals surface area (Å²) in [4.78, 5) is 12.2. The van der Waals surface area contributed by atoms with Crippen molar-refractivity contribution in [3.05, 3.63) is 94.0 Å². The molecule has 0 spiro atoms. The van der Waals surface area contributed by atoms with E-state index in [1.165, 1.54) is 21.9 Å². The van der Waals surface area contributed by atoms with Crippen LogP contribution in [-0.4, -0.2) is 24.5 Å². The number of aromatic nitrogens is 5. The molecule has 8 heteroatoms. The van der Waals surface area contributed by atoms with E-state index >= 15 is 0 Å². The zero-order chi connectivity index (χ0) is 24.1. The number of thioether (sulfide) groups is 1. The predicted octanol–water partition coefficient (Wildman–Crippen LogP) is 5.01. The first-order chi connectivity index (χ1) is 16.3. The Morgan fingerprint density at radius 2 is 1.68 bits per heavy atom. The molecular formula is C26H29N5O2S. The summed E-state index contributed by atoms with van der Waals surface area (Å²) < 4.78 is 9.24. The molecule has 0 saturated carbocycles. The lowest BCUT2D eigenvalue weighted by Gasteiger charge is -2.19. The van der Waals surface area contributed by atoms with Gasteiger partial charge in [-0.15, -0.1) is 15.3 Å². The van der Waals surface area contributed by atoms with E-state index in [1.807, 2.05) is 34.9 Å². The van der Waals surface area contributed by atoms with Crippen molar-refractivity contribution in [1.29, 1.82) is 0 Å². The first kappa shape index (κ1) is 23.8. The summed E-state index contributed by atoms with van der Waals surface area (Å²) in [6.45, 7) is 9.65. The number of rotatable bonds is 8. The van der Waals surface area contributed by atoms with Crippen LogP contribution in [0.1, 0.15) is 44.6 Å². The Hall–Kier alpha value is -3.39. The predicted molar refractivity (Wildman–Crippen MR) is 135 cm³/mol. The van der Waals surface area contributed by atoms with Gasteiger partial charge in [-0.05, 0) is 35.6 Å². The molecule has 0 aliphatic carbocycles. The highest BCUT2D eigenvalue weighted by Gasteiger charge is 2.15. The monoisotopic (exact) mass is 475 g/mol. The summed E-state index contributed by atoms with van der Waals surface area (Å²) >= 11 is 1.65. The normalized spacial score (nSPS) is 11.5. The van der Waals surface area contributed by atoms with E-state index in [9.17, 15) is 4.79 Å². The first-order valence-corrected chi connectivity index (χ1v) is 12.3. The molecule has 2 aromatic heterocycles. The van der Waals surface area contributed by atoms with Crippen molar-refractivity contribution in [2.75, 3.05) is 0 Å². The molecule has 0 aliphatic rings. The van der Waals surface area contributed by atoms with Crippen LogP contribution in [0.15, 0.2) is 76.7 Å². The van der Waals surface area contributed by atoms with E-state index < -0.39 is 0 Å². The molecule has 0 unspecified atom stereocenters. The summed E-state index contributed by atoms with van der Waals surface area (Å²) in [6.07, 6.45) is 0. The second-order valence-electron chi connectivity index (χ2n) is 8.92. The standard InChI is InChI=1S/C26H29N5O2S/c1-5-30-22(17-33-23-15-16-24(32)31(29-23)21-9-7-6-8-10-21)27-28-25(30)34-18-19-11-13-20(14-12-19)26(2,3)4/h6-16H,5,17-18H2,1-4H3. The summed E-state index contributed by atoms with van der Waals surface area (Å²) in [5.74, 6) is 1.88. The highest BCUT2D eigenvalue weighted by Crippen LogP contribution is 2.26. The lowest BCUT2D eigenvalue weighted by atomic mass is 9.87. The number of hydrogen-bond acceptors (Lipinski definition) is 6. The van der Waals surface area contributed by atoms with Gasteiger partial charge in [0.2, 0.25) is 5.88 Å². The summed E-state index contributed by atoms with van der Waals surface area (Å²) in [5.41, 5.74) is 3.18. The second kappa shape index (κ2) is 10.3. The Morgan fingerprint density at radius 1 is 0.941 bits per heavy atom. The van der Waals surface area contributed by atoms with Gasteiger partial charge in [-0.1, -0.05) is 75.0 Å². The summed E-state index contributed by atoms with van der Waals surface area (Å²) in [7, 11) is 0. The number of ether oxygens (including phenoxy) is 1. The Bertz CT molecular complexity index is 1290. The van der Waals surface area contributed by atoms with E-state index in [2.05, 4.69) is 67.3 Å². The molecule has 2 heterocycles. The fourth-order valence-corrected chi connectivity index (χ4v) is 4.44. The summed E-state index contributed by atoms with van der Waals surface area (Å²) in [5, 5.41) is 13.9. The first-order valence-electron chi connectivity index (χ1n) is 11.3. The van der Waals surface area contributed by atoms with Crippen LogP contribution in [-0.2, 0) is 24.3 Å². The van der Waals surface area contributed by atoms with Gasteiger partial charge in [0.1, 0.15) is 6.61 Å². The molecule has 0 atom stereocenters. The van der Waals surface area contributed by atoms with E-state index in [-0.39, 0.29) is 17.6 Å². The Morgan fingerprint density at radius 3 is 2.35 bits per heavy atom. The fraction of sp³-hybridized carbons (Fsp3) is 0.308. The van der Waals surface area contributed by atoms with Crippen molar-refractivity contribution >= 4 is 11.8 Å². The van der Waals surface area contributed by atoms with E-state index in [1.54, 1.807) is 17.8 Å². The molecule has 0 saturated heterocycles. The second-order valence-corrected chi connectivity index (χ2v) is 9.87. The van der Waals surface area contributed by atoms with Crippen LogP contribution in [0, 0.1) is 0 Å². The van der Waals surface area contributed by atoms with Crippen molar-refractivity contribution in [2.24, 2.45) is 0 Å². The zero-order valence-corrected chi connectivity index (χ0v) is 20.7. The molecule has 0 N–H and O–H groups in total. The number of benzene rings is 2. The summed E-state index contributed by atoms with van der Waals surface area (Å²) in [6, 6.07) is 21.0. The van der Waals surface area contributed by atoms with Crippen molar-refractivity contribution in [2.45, 2.75) is 57.2 Å². The minimum absolute atomic E-state index is 0.145. The van der Waals surface area contributed by atoms with Gasteiger partial charge in [-0.3, -0.25) is 4.79 Å². The quantitative estimate of drug-likeness (QED) is 0.333. The number of hydrogen-bond donors (Lipinski definition) is 0. The Kier molecular flexibility index (Phi) is 7.17. The van der Waals surface area contributed by atoms with Gasteiger partial charge in [0.15, 0.2) is 11.0 Å². The van der Waals surface area contributed by atoms with Crippen LogP contribution in [0.25, 0.3) is 5.69 Å². The average molecular weight is 476 g/mol. The van der Waals surface area contributed by atoms with Gasteiger partial charge >= 0.3 is 0 Å². The van der Waals surface area contributed by atoms with Gasteiger partial charge in [-0.25, -0.2) is 0 Å². The molecule has 176 valence electrons. The van der Waals surface area contributed by atoms with Gasteiger partial charge in [0, 0.05) is 24.4 Å². The maximum atomic E-state index is 12.2. The molecule has 0 amide bonds. The molecule has 7 nitrogen and oxygen atoms in total. The molecule has 0 radical (unpaired) electrons. The highest BCUT2D eigenvalue weighted by atomic mass is 32.2. The molecule has 34 heavy (non-hydrogen) atoms. The van der Waals surface area contributed by atoms with Crippen LogP contribution in [0.5, 0.6) is 5.88 Å². The van der Waals surface area contributed by atoms with E-state index in [0.29, 0.717) is 17.4 Å². The lowest BCUT2D eigenvalue weighted by Crippen LogP contribution is -2.20. The molecule has 4 aromatic rings. The van der Waals surface area contributed by atoms with Crippen molar-refractivity contribution < 1.29 is 4.74 Å². The highest BCUT2D eigenvalue weighted by molar-refractivity contribution is 7.98. The zero-order valence-electron chi connectivity index (χ0n) is 19.9. The molecule has 0 bridgehead atoms. The molecular weight excluding hydrogens is 446 g/mol. The number of nitrogens with zero attached hydrogens (tertiary/aromatic N) is 5. The third-order valence-corrected chi connectivity index (χ3v) is 6.46. The molecule has 0 aliphatic heterocycles. The van der Waals surface area contributed by atoms with Crippen molar-refractivity contribution in [3.63, 3.8) is 0 Å². The van der Waals surface area contributed by atoms with Gasteiger partial charge < -0.3 is 9.30 Å². The van der Waals surface area contributed by atoms with Crippen LogP contribution < -0.4 is 10.3 Å². The van der Waals surface area contributed by atoms with Crippen LogP contribution >= 0.6 is 11.8 Å². The van der Waals surface area contributed by atoms with E-state index in [0.717, 1.165) is 17.5 Å². The molecule has 2 aromatic carbocycles. The Labute approximate surface area is 203 Å². The maximum Gasteiger partial charge on any atom is 0.271 e. The smallest absolute Gasteiger partial charge is 0.271 e. The van der Waals surface area contributed by atoms with Crippen LogP contribution in [0.3, 0.4) is 0 Å². The maximum absolute atomic E-state index is 12.2. The minimum atomic E-state index is -0.218. The molecule has 0 fully saturated rings. The topological polar surface area (TPSA) is 74.8 Å². The third-order valence-electron chi connectivity index (χ3n) is 5.42.